The molecule has 0 aromatic heterocycles. The molecule has 0 radical (unpaired) electrons. The van der Waals surface area contributed by atoms with Gasteiger partial charge in [-0.3, -0.25) is 14.3 Å². The Morgan fingerprint density at radius 1 is 0.976 bits per heavy atom. The van der Waals surface area contributed by atoms with Crippen LogP contribution >= 0.6 is 11.6 Å². The smallest absolute Gasteiger partial charge is 0.327 e. The summed E-state index contributed by atoms with van der Waals surface area (Å²) in [6.45, 7) is 1.13. The van der Waals surface area contributed by atoms with Crippen LogP contribution in [0.2, 0.25) is 5.02 Å². The van der Waals surface area contributed by atoms with Gasteiger partial charge in [0, 0.05) is 11.6 Å². The fourth-order valence-corrected chi connectivity index (χ4v) is 4.76. The van der Waals surface area contributed by atoms with Crippen LogP contribution < -0.4 is 19.5 Å². The van der Waals surface area contributed by atoms with Crippen molar-refractivity contribution < 1.29 is 28.4 Å². The molecule has 1 fully saturated rings. The van der Waals surface area contributed by atoms with Crippen molar-refractivity contribution in [1.29, 1.82) is 0 Å². The average Bonchev–Trinajstić information content (AvgIpc) is 2.97. The van der Waals surface area contributed by atoms with Gasteiger partial charge in [0.25, 0.3) is 0 Å². The zero-order chi connectivity index (χ0) is 30.0. The number of methoxy groups -OCH3 is 3. The minimum absolute atomic E-state index is 0.0298. The maximum absolute atomic E-state index is 12.3. The van der Waals surface area contributed by atoms with Crippen LogP contribution in [0.25, 0.3) is 11.1 Å². The number of quaternary nitrogens is 1. The molecular formula is C31H38ClN3O6. The van der Waals surface area contributed by atoms with Gasteiger partial charge < -0.3 is 24.7 Å². The molecule has 1 aliphatic heterocycles. The molecule has 2 unspecified atom stereocenters. The van der Waals surface area contributed by atoms with E-state index < -0.39 is 4.65 Å². The van der Waals surface area contributed by atoms with Gasteiger partial charge in [-0.2, -0.15) is 0 Å². The Hall–Kier alpha value is -3.63. The molecule has 3 aromatic rings. The lowest BCUT2D eigenvalue weighted by molar-refractivity contribution is -0.790. The van der Waals surface area contributed by atoms with E-state index in [0.29, 0.717) is 30.2 Å². The maximum atomic E-state index is 12.3. The molecule has 4 rings (SSSR count). The van der Waals surface area contributed by atoms with Crippen LogP contribution in [-0.2, 0) is 22.4 Å². The predicted molar refractivity (Wildman–Crippen MR) is 160 cm³/mol. The van der Waals surface area contributed by atoms with Crippen molar-refractivity contribution >= 4 is 23.9 Å². The number of benzene rings is 3. The fourth-order valence-electron chi connectivity index (χ4n) is 4.64. The summed E-state index contributed by atoms with van der Waals surface area (Å²) >= 11 is 5.70. The molecule has 10 heteroatoms. The summed E-state index contributed by atoms with van der Waals surface area (Å²) in [6, 6.07) is 19.6. The zero-order valence-electron chi connectivity index (χ0n) is 24.2. The molecule has 2 amide bonds. The number of hydrogen-bond donors (Lipinski definition) is 1. The molecule has 0 bridgehead atoms. The lowest BCUT2D eigenvalue weighted by atomic mass is 9.98. The average molecular weight is 584 g/mol. The number of carbonyl (C=O) groups is 2. The van der Waals surface area contributed by atoms with Gasteiger partial charge in [0.05, 0.1) is 34.4 Å². The highest BCUT2D eigenvalue weighted by atomic mass is 35.5. The Kier molecular flexibility index (Phi) is 11.5. The molecule has 0 spiro atoms. The largest absolute Gasteiger partial charge is 0.625 e. The highest BCUT2D eigenvalue weighted by molar-refractivity contribution is 6.30. The Labute approximate surface area is 246 Å². The lowest BCUT2D eigenvalue weighted by Crippen LogP contribution is -2.61. The number of halogens is 1. The summed E-state index contributed by atoms with van der Waals surface area (Å²) in [5.74, 6) is 1.48. The molecule has 2 atom stereocenters. The molecule has 9 nitrogen and oxygen atoms in total. The first-order valence-electron chi connectivity index (χ1n) is 13.2. The molecule has 0 aliphatic carbocycles. The van der Waals surface area contributed by atoms with Gasteiger partial charge in [0.15, 0.2) is 11.5 Å². The van der Waals surface area contributed by atoms with E-state index in [1.165, 1.54) is 12.6 Å². The highest BCUT2D eigenvalue weighted by Gasteiger charge is 2.36. The fraction of sp³-hybridized carbons (Fsp3) is 0.355. The molecule has 41 heavy (non-hydrogen) atoms. The quantitative estimate of drug-likeness (QED) is 0.164. The second-order valence-corrected chi connectivity index (χ2v) is 10.4. The second-order valence-electron chi connectivity index (χ2n) is 10.0. The minimum atomic E-state index is -0.807. The molecule has 1 N–H and O–H groups in total. The van der Waals surface area contributed by atoms with E-state index in [-0.39, 0.29) is 25.0 Å². The van der Waals surface area contributed by atoms with Crippen LogP contribution in [0.5, 0.6) is 17.2 Å². The number of hydroxylamine groups is 3. The molecular weight excluding hydrogens is 546 g/mol. The van der Waals surface area contributed by atoms with Gasteiger partial charge in [0.1, 0.15) is 13.1 Å². The second kappa shape index (κ2) is 14.8. The van der Waals surface area contributed by atoms with Gasteiger partial charge in [-0.15, -0.1) is 0 Å². The van der Waals surface area contributed by atoms with Crippen molar-refractivity contribution in [3.63, 3.8) is 0 Å². The van der Waals surface area contributed by atoms with Crippen LogP contribution in [0.3, 0.4) is 0 Å². The third-order valence-electron chi connectivity index (χ3n) is 7.07. The minimum Gasteiger partial charge on any atom is -0.625 e. The lowest BCUT2D eigenvalue weighted by Gasteiger charge is -2.45. The number of hydrogen-bond acceptors (Lipinski definition) is 7. The van der Waals surface area contributed by atoms with Crippen LogP contribution in [-0.4, -0.2) is 83.0 Å². The van der Waals surface area contributed by atoms with Crippen molar-refractivity contribution in [1.82, 2.24) is 10.2 Å². The zero-order valence-corrected chi connectivity index (χ0v) is 24.9. The number of carbonyl (C=O) groups excluding carboxylic acids is 2. The van der Waals surface area contributed by atoms with Gasteiger partial charge in [-0.1, -0.05) is 48.0 Å². The summed E-state index contributed by atoms with van der Waals surface area (Å²) < 4.78 is 15.4. The molecule has 1 aliphatic rings. The number of nitrogens with zero attached hydrogens (tertiary/aromatic N) is 2. The van der Waals surface area contributed by atoms with E-state index >= 15 is 0 Å². The monoisotopic (exact) mass is 583 g/mol. The highest BCUT2D eigenvalue weighted by Crippen LogP contribution is 2.41. The van der Waals surface area contributed by atoms with E-state index in [1.807, 2.05) is 60.5 Å². The SMILES string of the molecule is COc1cc(-c2ccc(CC3C[N+](C)([O-])C(=O)CN3C)cc2)cc(OC)c1OC.O=CNCCc1ccc(Cl)cc1. The summed E-state index contributed by atoms with van der Waals surface area (Å²) in [7, 11) is 8.11. The first-order valence-corrected chi connectivity index (χ1v) is 13.6. The van der Waals surface area contributed by atoms with Crippen molar-refractivity contribution in [3.05, 3.63) is 82.0 Å². The van der Waals surface area contributed by atoms with Crippen molar-refractivity contribution in [2.75, 3.05) is 55.1 Å². The van der Waals surface area contributed by atoms with Gasteiger partial charge >= 0.3 is 5.91 Å². The van der Waals surface area contributed by atoms with Gasteiger partial charge in [0.2, 0.25) is 12.2 Å². The summed E-state index contributed by atoms with van der Waals surface area (Å²) in [5, 5.41) is 15.7. The van der Waals surface area contributed by atoms with Crippen LogP contribution in [0.1, 0.15) is 11.1 Å². The van der Waals surface area contributed by atoms with E-state index in [2.05, 4.69) is 17.4 Å². The predicted octanol–water partition coefficient (Wildman–Crippen LogP) is 4.34. The summed E-state index contributed by atoms with van der Waals surface area (Å²) in [5.41, 5.74) is 4.26. The van der Waals surface area contributed by atoms with E-state index in [4.69, 9.17) is 25.8 Å². The summed E-state index contributed by atoms with van der Waals surface area (Å²) in [6.07, 6.45) is 2.27. The van der Waals surface area contributed by atoms with E-state index in [0.717, 1.165) is 34.6 Å². The van der Waals surface area contributed by atoms with E-state index in [1.54, 1.807) is 21.3 Å². The Bertz CT molecular complexity index is 1270. The standard InChI is InChI=1S/C22H28N2O5.C9H10ClNO/c1-23-13-21(25)24(2,26)14-18(23)10-15-6-8-16(9-7-15)17-11-19(27-3)22(29-5)20(12-17)28-4;10-9-3-1-8(2-4-9)5-6-11-7-12/h6-9,11-12,18H,10,13-14H2,1-5H3;1-4,7H,5-6H2,(H,11,12). The Morgan fingerprint density at radius 2 is 1.56 bits per heavy atom. The number of amides is 2. The molecule has 0 saturated carbocycles. The molecule has 3 aromatic carbocycles. The van der Waals surface area contributed by atoms with Crippen molar-refractivity contribution in [2.45, 2.75) is 18.9 Å². The summed E-state index contributed by atoms with van der Waals surface area (Å²) in [4.78, 5) is 23.7. The Morgan fingerprint density at radius 3 is 2.10 bits per heavy atom. The van der Waals surface area contributed by atoms with Crippen LogP contribution in [0.4, 0.5) is 0 Å². The van der Waals surface area contributed by atoms with E-state index in [9.17, 15) is 14.8 Å². The number of rotatable bonds is 10. The van der Waals surface area contributed by atoms with Gasteiger partial charge in [-0.05, 0) is 66.4 Å². The van der Waals surface area contributed by atoms with Crippen molar-refractivity contribution in [3.8, 4) is 28.4 Å². The molecule has 220 valence electrons. The van der Waals surface area contributed by atoms with Crippen LogP contribution in [0.15, 0.2) is 60.7 Å². The number of likely N-dealkylation sites (N-methyl/N-ethyl adjacent to an activating group) is 2. The Balaban J connectivity index is 0.000000322. The third kappa shape index (κ3) is 8.68. The molecule has 1 saturated heterocycles. The van der Waals surface area contributed by atoms with Crippen molar-refractivity contribution in [2.24, 2.45) is 0 Å². The topological polar surface area (TPSA) is 100 Å². The van der Waals surface area contributed by atoms with Gasteiger partial charge in [-0.25, -0.2) is 4.79 Å². The maximum Gasteiger partial charge on any atom is 0.327 e. The first kappa shape index (κ1) is 31.9. The van der Waals surface area contributed by atoms with Crippen LogP contribution in [0, 0.1) is 5.21 Å². The number of piperazine rings is 1. The first-order chi connectivity index (χ1) is 19.6. The third-order valence-corrected chi connectivity index (χ3v) is 7.32. The number of nitrogens with one attached hydrogen (secondary N) is 1. The number of ether oxygens (including phenoxy) is 3. The molecule has 1 heterocycles. The normalized spacial score (nSPS) is 18.6.